The largest absolute Gasteiger partial charge is 0.338 e. The second-order valence-electron chi connectivity index (χ2n) is 7.68. The SMILES string of the molecule is CC1(N)CCCCC1C(=O)N1CCc2c(cnn2-c2ccccc2)C1. The van der Waals surface area contributed by atoms with E-state index in [0.29, 0.717) is 6.54 Å². The number of nitrogens with zero attached hydrogens (tertiary/aromatic N) is 3. The van der Waals surface area contributed by atoms with Gasteiger partial charge in [0.25, 0.3) is 0 Å². The minimum atomic E-state index is -0.371. The van der Waals surface area contributed by atoms with Gasteiger partial charge in [0.1, 0.15) is 0 Å². The van der Waals surface area contributed by atoms with Crippen LogP contribution in [0.4, 0.5) is 0 Å². The summed E-state index contributed by atoms with van der Waals surface area (Å²) in [6.45, 7) is 3.43. The van der Waals surface area contributed by atoms with Crippen LogP contribution < -0.4 is 5.73 Å². The lowest BCUT2D eigenvalue weighted by molar-refractivity contribution is -0.139. The Morgan fingerprint density at radius 3 is 2.84 bits per heavy atom. The van der Waals surface area contributed by atoms with Crippen LogP contribution in [0.1, 0.15) is 43.9 Å². The molecule has 1 aliphatic carbocycles. The van der Waals surface area contributed by atoms with E-state index in [-0.39, 0.29) is 17.4 Å². The first kappa shape index (κ1) is 16.3. The van der Waals surface area contributed by atoms with E-state index in [1.165, 1.54) is 5.69 Å². The lowest BCUT2D eigenvalue weighted by Crippen LogP contribution is -2.54. The van der Waals surface area contributed by atoms with Crippen LogP contribution in [0.2, 0.25) is 0 Å². The fourth-order valence-electron chi connectivity index (χ4n) is 4.30. The lowest BCUT2D eigenvalue weighted by Gasteiger charge is -2.40. The van der Waals surface area contributed by atoms with Gasteiger partial charge in [0, 0.05) is 30.6 Å². The summed E-state index contributed by atoms with van der Waals surface area (Å²) >= 11 is 0. The minimum absolute atomic E-state index is 0.0491. The van der Waals surface area contributed by atoms with E-state index in [2.05, 4.69) is 17.2 Å². The van der Waals surface area contributed by atoms with Crippen LogP contribution in [0.5, 0.6) is 0 Å². The highest BCUT2D eigenvalue weighted by molar-refractivity contribution is 5.80. The van der Waals surface area contributed by atoms with Gasteiger partial charge in [0.15, 0.2) is 0 Å². The molecule has 2 unspecified atom stereocenters. The van der Waals surface area contributed by atoms with E-state index in [0.717, 1.165) is 49.9 Å². The zero-order valence-electron chi connectivity index (χ0n) is 14.8. The molecule has 1 aliphatic heterocycles. The first-order valence-electron chi connectivity index (χ1n) is 9.25. The smallest absolute Gasteiger partial charge is 0.227 e. The van der Waals surface area contributed by atoms with Crippen molar-refractivity contribution in [2.45, 2.75) is 51.1 Å². The number of benzene rings is 1. The molecule has 2 N–H and O–H groups in total. The average Bonchev–Trinajstić information content (AvgIpc) is 3.04. The summed E-state index contributed by atoms with van der Waals surface area (Å²) in [4.78, 5) is 15.1. The fraction of sp³-hybridized carbons (Fsp3) is 0.500. The van der Waals surface area contributed by atoms with Crippen LogP contribution in [0.15, 0.2) is 36.5 Å². The van der Waals surface area contributed by atoms with Gasteiger partial charge < -0.3 is 10.6 Å². The van der Waals surface area contributed by atoms with Gasteiger partial charge in [0.2, 0.25) is 5.91 Å². The number of carbonyl (C=O) groups excluding carboxylic acids is 1. The van der Waals surface area contributed by atoms with Gasteiger partial charge in [-0.15, -0.1) is 0 Å². The molecule has 1 aromatic carbocycles. The molecule has 2 heterocycles. The van der Waals surface area contributed by atoms with E-state index in [1.807, 2.05) is 40.9 Å². The quantitative estimate of drug-likeness (QED) is 0.915. The molecule has 5 heteroatoms. The second kappa shape index (κ2) is 6.30. The van der Waals surface area contributed by atoms with Crippen molar-refractivity contribution in [2.75, 3.05) is 6.54 Å². The van der Waals surface area contributed by atoms with Crippen molar-refractivity contribution in [1.29, 1.82) is 0 Å². The first-order valence-corrected chi connectivity index (χ1v) is 9.25. The van der Waals surface area contributed by atoms with Gasteiger partial charge in [0.05, 0.1) is 23.5 Å². The Morgan fingerprint density at radius 1 is 1.28 bits per heavy atom. The molecule has 0 saturated heterocycles. The molecule has 1 saturated carbocycles. The molecular weight excluding hydrogens is 312 g/mol. The molecule has 1 amide bonds. The predicted molar refractivity (Wildman–Crippen MR) is 97.2 cm³/mol. The van der Waals surface area contributed by atoms with Gasteiger partial charge in [-0.1, -0.05) is 31.0 Å². The first-order chi connectivity index (χ1) is 12.1. The van der Waals surface area contributed by atoms with Crippen molar-refractivity contribution in [3.05, 3.63) is 47.8 Å². The van der Waals surface area contributed by atoms with Crippen LogP contribution in [0.25, 0.3) is 5.69 Å². The van der Waals surface area contributed by atoms with E-state index in [9.17, 15) is 4.79 Å². The molecule has 5 nitrogen and oxygen atoms in total. The minimum Gasteiger partial charge on any atom is -0.338 e. The van der Waals surface area contributed by atoms with Crippen molar-refractivity contribution in [3.8, 4) is 5.69 Å². The molecule has 4 rings (SSSR count). The maximum atomic E-state index is 13.1. The summed E-state index contributed by atoms with van der Waals surface area (Å²) in [5, 5.41) is 4.56. The normalized spacial score (nSPS) is 26.3. The summed E-state index contributed by atoms with van der Waals surface area (Å²) < 4.78 is 2.00. The second-order valence-corrected chi connectivity index (χ2v) is 7.68. The van der Waals surface area contributed by atoms with Crippen LogP contribution in [0, 0.1) is 5.92 Å². The topological polar surface area (TPSA) is 64.2 Å². The molecule has 1 fully saturated rings. The van der Waals surface area contributed by atoms with Crippen molar-refractivity contribution in [3.63, 3.8) is 0 Å². The molecular formula is C20H26N4O. The number of amides is 1. The van der Waals surface area contributed by atoms with Crippen LogP contribution in [-0.4, -0.2) is 32.7 Å². The van der Waals surface area contributed by atoms with E-state index >= 15 is 0 Å². The fourth-order valence-corrected chi connectivity index (χ4v) is 4.30. The lowest BCUT2D eigenvalue weighted by atomic mass is 9.74. The highest BCUT2D eigenvalue weighted by Gasteiger charge is 2.40. The Labute approximate surface area is 148 Å². The maximum Gasteiger partial charge on any atom is 0.227 e. The van der Waals surface area contributed by atoms with Gasteiger partial charge in [-0.3, -0.25) is 4.79 Å². The summed E-state index contributed by atoms with van der Waals surface area (Å²) in [5.74, 6) is 0.176. The Hall–Kier alpha value is -2.14. The third-order valence-corrected chi connectivity index (χ3v) is 5.80. The number of carbonyl (C=O) groups is 1. The summed E-state index contributed by atoms with van der Waals surface area (Å²) in [5.41, 5.74) is 9.51. The molecule has 2 aromatic rings. The number of hydrogen-bond donors (Lipinski definition) is 1. The summed E-state index contributed by atoms with van der Waals surface area (Å²) in [7, 11) is 0. The molecule has 0 bridgehead atoms. The maximum absolute atomic E-state index is 13.1. The number of nitrogens with two attached hydrogens (primary N) is 1. The molecule has 0 spiro atoms. The number of hydrogen-bond acceptors (Lipinski definition) is 3. The van der Waals surface area contributed by atoms with Gasteiger partial charge in [-0.05, 0) is 31.9 Å². The molecule has 2 atom stereocenters. The standard InChI is InChI=1S/C20H26N4O/c1-20(21)11-6-5-9-17(20)19(25)23-12-10-18-15(14-23)13-22-24(18)16-7-3-2-4-8-16/h2-4,7-8,13,17H,5-6,9-12,14,21H2,1H3. The Bertz CT molecular complexity index is 765. The number of rotatable bonds is 2. The van der Waals surface area contributed by atoms with Crippen molar-refractivity contribution >= 4 is 5.91 Å². The third kappa shape index (κ3) is 2.97. The van der Waals surface area contributed by atoms with Crippen LogP contribution >= 0.6 is 0 Å². The number of aromatic nitrogens is 2. The Kier molecular flexibility index (Phi) is 4.12. The molecule has 25 heavy (non-hydrogen) atoms. The predicted octanol–water partition coefficient (Wildman–Crippen LogP) is 2.66. The van der Waals surface area contributed by atoms with E-state index < -0.39 is 0 Å². The number of fused-ring (bicyclic) bond motifs is 1. The van der Waals surface area contributed by atoms with Crippen LogP contribution in [-0.2, 0) is 17.8 Å². The van der Waals surface area contributed by atoms with Crippen molar-refractivity contribution in [2.24, 2.45) is 11.7 Å². The third-order valence-electron chi connectivity index (χ3n) is 5.80. The van der Waals surface area contributed by atoms with Crippen LogP contribution in [0.3, 0.4) is 0 Å². The summed E-state index contributed by atoms with van der Waals surface area (Å²) in [6, 6.07) is 10.2. The molecule has 132 valence electrons. The summed E-state index contributed by atoms with van der Waals surface area (Å²) in [6.07, 6.45) is 6.83. The van der Waals surface area contributed by atoms with E-state index in [4.69, 9.17) is 5.73 Å². The number of para-hydroxylation sites is 1. The molecule has 0 radical (unpaired) electrons. The zero-order chi connectivity index (χ0) is 17.4. The molecule has 2 aliphatic rings. The van der Waals surface area contributed by atoms with Crippen molar-refractivity contribution < 1.29 is 4.79 Å². The molecule has 1 aromatic heterocycles. The Balaban J connectivity index is 1.54. The highest BCUT2D eigenvalue weighted by atomic mass is 16.2. The monoisotopic (exact) mass is 338 g/mol. The highest BCUT2D eigenvalue weighted by Crippen LogP contribution is 2.34. The average molecular weight is 338 g/mol. The van der Waals surface area contributed by atoms with E-state index in [1.54, 1.807) is 0 Å². The van der Waals surface area contributed by atoms with Gasteiger partial charge >= 0.3 is 0 Å². The Morgan fingerprint density at radius 2 is 2.08 bits per heavy atom. The van der Waals surface area contributed by atoms with Gasteiger partial charge in [-0.25, -0.2) is 4.68 Å². The zero-order valence-corrected chi connectivity index (χ0v) is 14.8. The van der Waals surface area contributed by atoms with Crippen molar-refractivity contribution in [1.82, 2.24) is 14.7 Å². The van der Waals surface area contributed by atoms with Gasteiger partial charge in [-0.2, -0.15) is 5.10 Å².